The van der Waals surface area contributed by atoms with E-state index in [1.807, 2.05) is 18.2 Å². The van der Waals surface area contributed by atoms with Crippen LogP contribution < -0.4 is 25.4 Å². The molecule has 0 saturated carbocycles. The van der Waals surface area contributed by atoms with Crippen molar-refractivity contribution in [1.82, 2.24) is 35.9 Å². The molecular formula is C32H32Cl2F3N7O4. The topological polar surface area (TPSA) is 143 Å². The van der Waals surface area contributed by atoms with Crippen LogP contribution in [0.2, 0.25) is 10.0 Å². The number of benzene rings is 2. The van der Waals surface area contributed by atoms with Gasteiger partial charge in [0.2, 0.25) is 17.7 Å². The van der Waals surface area contributed by atoms with Crippen LogP contribution in [0.4, 0.5) is 13.2 Å². The Labute approximate surface area is 284 Å². The van der Waals surface area contributed by atoms with E-state index in [1.165, 1.54) is 20.4 Å². The van der Waals surface area contributed by atoms with Gasteiger partial charge in [0.05, 0.1) is 48.0 Å². The van der Waals surface area contributed by atoms with Crippen LogP contribution in [0.1, 0.15) is 24.2 Å². The number of amides is 1. The SMILES string of the molecule is COc1nc(-c2cccc(-c3cccc(-c4cnc(CNC[C@@H]5CCC(=O)N5)c(OC)n4)c3Cl)c2Cl)cnc1CNCC(O)C(F)(F)F. The van der Waals surface area contributed by atoms with Gasteiger partial charge in [0.15, 0.2) is 6.10 Å². The fourth-order valence-electron chi connectivity index (χ4n) is 5.14. The Bertz CT molecular complexity index is 1780. The molecule has 0 radical (unpaired) electrons. The molecule has 3 heterocycles. The molecule has 0 bridgehead atoms. The van der Waals surface area contributed by atoms with E-state index in [2.05, 4.69) is 35.9 Å². The Morgan fingerprint density at radius 3 is 1.85 bits per heavy atom. The number of aliphatic hydroxyl groups excluding tert-OH is 1. The summed E-state index contributed by atoms with van der Waals surface area (Å²) in [5.41, 5.74) is 4.04. The van der Waals surface area contributed by atoms with Gasteiger partial charge in [-0.15, -0.1) is 0 Å². The number of hydrogen-bond donors (Lipinski definition) is 4. The normalized spacial score (nSPS) is 15.3. The van der Waals surface area contributed by atoms with Crippen molar-refractivity contribution in [2.75, 3.05) is 27.3 Å². The summed E-state index contributed by atoms with van der Waals surface area (Å²) >= 11 is 13.9. The Kier molecular flexibility index (Phi) is 11.3. The Morgan fingerprint density at radius 2 is 1.40 bits per heavy atom. The fraction of sp³-hybridized carbons (Fsp3) is 0.344. The number of halogens is 5. The molecule has 2 atom stereocenters. The van der Waals surface area contributed by atoms with Crippen LogP contribution in [0.3, 0.4) is 0 Å². The molecule has 1 amide bonds. The maximum absolute atomic E-state index is 12.6. The molecule has 4 N–H and O–H groups in total. The molecule has 254 valence electrons. The summed E-state index contributed by atoms with van der Waals surface area (Å²) in [5, 5.41) is 18.7. The van der Waals surface area contributed by atoms with E-state index in [1.54, 1.807) is 24.4 Å². The Hall–Kier alpha value is -4.08. The number of hydrogen-bond acceptors (Lipinski definition) is 10. The third kappa shape index (κ3) is 8.13. The molecule has 5 rings (SSSR count). The summed E-state index contributed by atoms with van der Waals surface area (Å²) in [6.07, 6.45) is -2.90. The van der Waals surface area contributed by atoms with E-state index in [9.17, 15) is 23.1 Å². The molecule has 4 aromatic rings. The minimum absolute atomic E-state index is 0.0536. The second kappa shape index (κ2) is 15.4. The molecule has 1 aliphatic rings. The molecule has 48 heavy (non-hydrogen) atoms. The van der Waals surface area contributed by atoms with Crippen LogP contribution in [0.15, 0.2) is 48.8 Å². The van der Waals surface area contributed by atoms with Crippen LogP contribution >= 0.6 is 23.2 Å². The second-order valence-corrected chi connectivity index (χ2v) is 11.6. The van der Waals surface area contributed by atoms with Gasteiger partial charge in [-0.1, -0.05) is 59.6 Å². The van der Waals surface area contributed by atoms with Crippen LogP contribution in [-0.4, -0.2) is 76.6 Å². The standard InChI is InChI=1S/C32H32Cl2F3N7O4/c1-47-30-24(12-38-11-17-9-10-27(46)42-17)40-14-22(43-30)20-7-3-5-18(28(20)33)19-6-4-8-21(29(19)34)23-15-41-25(31(44-23)48-2)13-39-16-26(45)32(35,36)37/h3-8,14-15,17,26,38-39,45H,9-13,16H2,1-2H3,(H,42,46)/t17-,26?/m0/s1. The van der Waals surface area contributed by atoms with Crippen molar-refractivity contribution < 1.29 is 32.5 Å². The zero-order valence-electron chi connectivity index (χ0n) is 25.9. The second-order valence-electron chi connectivity index (χ2n) is 10.9. The van der Waals surface area contributed by atoms with Crippen molar-refractivity contribution in [2.24, 2.45) is 0 Å². The first-order chi connectivity index (χ1) is 23.0. The summed E-state index contributed by atoms with van der Waals surface area (Å²) < 4.78 is 48.8. The molecule has 1 saturated heterocycles. The number of aliphatic hydroxyl groups is 1. The lowest BCUT2D eigenvalue weighted by Gasteiger charge is -2.16. The van der Waals surface area contributed by atoms with Crippen molar-refractivity contribution in [3.05, 3.63) is 70.2 Å². The molecule has 1 aliphatic heterocycles. The summed E-state index contributed by atoms with van der Waals surface area (Å²) in [7, 11) is 2.88. The lowest BCUT2D eigenvalue weighted by atomic mass is 9.98. The molecular weight excluding hydrogens is 674 g/mol. The van der Waals surface area contributed by atoms with Gasteiger partial charge in [-0.2, -0.15) is 13.2 Å². The highest BCUT2D eigenvalue weighted by Crippen LogP contribution is 2.42. The van der Waals surface area contributed by atoms with Crippen molar-refractivity contribution in [3.8, 4) is 45.4 Å². The van der Waals surface area contributed by atoms with Crippen molar-refractivity contribution in [3.63, 3.8) is 0 Å². The van der Waals surface area contributed by atoms with E-state index >= 15 is 0 Å². The Balaban J connectivity index is 1.36. The van der Waals surface area contributed by atoms with Gasteiger partial charge in [-0.05, 0) is 6.42 Å². The third-order valence-electron chi connectivity index (χ3n) is 7.63. The number of nitrogens with zero attached hydrogens (tertiary/aromatic N) is 4. The molecule has 2 aromatic carbocycles. The van der Waals surface area contributed by atoms with E-state index < -0.39 is 18.8 Å². The highest BCUT2D eigenvalue weighted by atomic mass is 35.5. The number of nitrogens with one attached hydrogen (secondary N) is 3. The van der Waals surface area contributed by atoms with Crippen molar-refractivity contribution in [1.29, 1.82) is 0 Å². The quantitative estimate of drug-likeness (QED) is 0.151. The number of aromatic nitrogens is 4. The first-order valence-corrected chi connectivity index (χ1v) is 15.6. The van der Waals surface area contributed by atoms with Crippen LogP contribution in [0.5, 0.6) is 11.8 Å². The van der Waals surface area contributed by atoms with Gasteiger partial charge in [0.1, 0.15) is 11.4 Å². The van der Waals surface area contributed by atoms with Crippen molar-refractivity contribution >= 4 is 29.1 Å². The van der Waals surface area contributed by atoms with E-state index in [-0.39, 0.29) is 30.1 Å². The van der Waals surface area contributed by atoms with Gasteiger partial charge in [0, 0.05) is 60.9 Å². The lowest BCUT2D eigenvalue weighted by molar-refractivity contribution is -0.201. The smallest absolute Gasteiger partial charge is 0.415 e. The Morgan fingerprint density at radius 1 is 0.896 bits per heavy atom. The first kappa shape index (κ1) is 35.2. The van der Waals surface area contributed by atoms with Gasteiger partial charge in [0.25, 0.3) is 0 Å². The van der Waals surface area contributed by atoms with Crippen molar-refractivity contribution in [2.45, 2.75) is 44.3 Å². The largest absolute Gasteiger partial charge is 0.480 e. The van der Waals surface area contributed by atoms with E-state index in [0.717, 1.165) is 6.42 Å². The minimum Gasteiger partial charge on any atom is -0.480 e. The number of carbonyl (C=O) groups is 1. The number of methoxy groups -OCH3 is 2. The fourth-order valence-corrected chi connectivity index (χ4v) is 5.79. The molecule has 0 spiro atoms. The molecule has 1 unspecified atom stereocenters. The van der Waals surface area contributed by atoms with Crippen LogP contribution in [0, 0.1) is 0 Å². The van der Waals surface area contributed by atoms with E-state index in [0.29, 0.717) is 74.8 Å². The average molecular weight is 707 g/mol. The zero-order chi connectivity index (χ0) is 34.4. The number of rotatable bonds is 13. The average Bonchev–Trinajstić information content (AvgIpc) is 3.49. The van der Waals surface area contributed by atoms with Crippen LogP contribution in [0.25, 0.3) is 33.6 Å². The number of alkyl halides is 3. The molecule has 2 aromatic heterocycles. The summed E-state index contributed by atoms with van der Waals surface area (Å²) in [6, 6.07) is 10.9. The predicted octanol–water partition coefficient (Wildman–Crippen LogP) is 4.97. The molecule has 1 fully saturated rings. The minimum atomic E-state index is -4.74. The van der Waals surface area contributed by atoms with Gasteiger partial charge in [-0.3, -0.25) is 14.8 Å². The summed E-state index contributed by atoms with van der Waals surface area (Å²) in [5.74, 6) is 0.469. The van der Waals surface area contributed by atoms with Gasteiger partial charge >= 0.3 is 6.18 Å². The monoisotopic (exact) mass is 705 g/mol. The van der Waals surface area contributed by atoms with E-state index in [4.69, 9.17) is 32.7 Å². The first-order valence-electron chi connectivity index (χ1n) is 14.8. The maximum atomic E-state index is 12.6. The maximum Gasteiger partial charge on any atom is 0.415 e. The molecule has 0 aliphatic carbocycles. The summed E-state index contributed by atoms with van der Waals surface area (Å²) in [4.78, 5) is 29.5. The van der Waals surface area contributed by atoms with Gasteiger partial charge in [-0.25, -0.2) is 9.97 Å². The summed E-state index contributed by atoms with van der Waals surface area (Å²) in [6.45, 7) is 0.157. The predicted molar refractivity (Wildman–Crippen MR) is 174 cm³/mol. The number of ether oxygens (including phenoxy) is 2. The highest BCUT2D eigenvalue weighted by molar-refractivity contribution is 6.39. The highest BCUT2D eigenvalue weighted by Gasteiger charge is 2.37. The lowest BCUT2D eigenvalue weighted by Crippen LogP contribution is -2.38. The van der Waals surface area contributed by atoms with Crippen LogP contribution in [-0.2, 0) is 17.9 Å². The third-order valence-corrected chi connectivity index (χ3v) is 8.44. The van der Waals surface area contributed by atoms with Gasteiger partial charge < -0.3 is 30.5 Å². The molecule has 16 heteroatoms. The zero-order valence-corrected chi connectivity index (χ0v) is 27.4. The molecule has 11 nitrogen and oxygen atoms in total. The number of carbonyl (C=O) groups excluding carboxylic acids is 1.